The summed E-state index contributed by atoms with van der Waals surface area (Å²) in [6.07, 6.45) is -0.710. The molecule has 0 bridgehead atoms. The number of aliphatic carboxylic acids is 1. The van der Waals surface area contributed by atoms with Gasteiger partial charge in [0, 0.05) is 13.5 Å². The number of carboxylic acids is 1. The second-order valence-corrected chi connectivity index (χ2v) is 3.41. The Bertz CT molecular complexity index is 324. The molecule has 0 amide bonds. The molecule has 0 aliphatic carbocycles. The molecule has 17 heavy (non-hydrogen) atoms. The average Bonchev–Trinajstić information content (AvgIpc) is 2.29. The Morgan fingerprint density at radius 2 is 1.94 bits per heavy atom. The molecule has 5 nitrogen and oxygen atoms in total. The first-order valence-electron chi connectivity index (χ1n) is 5.35. The fourth-order valence-electron chi connectivity index (χ4n) is 1.11. The summed E-state index contributed by atoms with van der Waals surface area (Å²) < 4.78 is 4.72. The summed E-state index contributed by atoms with van der Waals surface area (Å²) in [5.41, 5.74) is 4.26. The lowest BCUT2D eigenvalue weighted by Gasteiger charge is -2.15. The minimum atomic E-state index is -1.24. The highest BCUT2D eigenvalue weighted by molar-refractivity contribution is 5.70. The van der Waals surface area contributed by atoms with E-state index in [4.69, 9.17) is 9.84 Å². The van der Waals surface area contributed by atoms with E-state index in [2.05, 4.69) is 5.73 Å². The van der Waals surface area contributed by atoms with Gasteiger partial charge in [-0.1, -0.05) is 12.1 Å². The lowest BCUT2D eigenvalue weighted by Crippen LogP contribution is -2.48. The molecule has 0 aromatic heterocycles. The zero-order chi connectivity index (χ0) is 13.3. The number of carboxylic acid groups (broad SMARTS) is 1. The molecule has 0 aliphatic rings. The molecular formula is C12H19NO4. The standard InChI is InChI=1S/C10H12O4.C2H7N/c1-14-9(10(12)13)6-7-2-4-8(11)5-3-7;1-2-3/h2-5,9,11H,6H2,1H3,(H,12,13);2-3H2,1H3. The van der Waals surface area contributed by atoms with E-state index in [1.54, 1.807) is 12.1 Å². The number of hydrogen-bond acceptors (Lipinski definition) is 4. The predicted octanol–water partition coefficient (Wildman–Crippen LogP) is -1.05. The van der Waals surface area contributed by atoms with Gasteiger partial charge in [-0.05, 0) is 24.6 Å². The summed E-state index contributed by atoms with van der Waals surface area (Å²) in [4.78, 5) is 10.5. The van der Waals surface area contributed by atoms with Crippen molar-refractivity contribution in [1.29, 1.82) is 0 Å². The van der Waals surface area contributed by atoms with Crippen LogP contribution in [0.5, 0.6) is 5.75 Å². The molecule has 0 heterocycles. The normalized spacial score (nSPS) is 11.2. The van der Waals surface area contributed by atoms with Gasteiger partial charge in [-0.15, -0.1) is 0 Å². The molecule has 0 aliphatic heterocycles. The summed E-state index contributed by atoms with van der Waals surface area (Å²) in [6, 6.07) is 6.28. The van der Waals surface area contributed by atoms with Gasteiger partial charge in [0.05, 0.1) is 12.5 Å². The molecule has 1 unspecified atom stereocenters. The van der Waals surface area contributed by atoms with Crippen LogP contribution in [0.3, 0.4) is 0 Å². The second kappa shape index (κ2) is 8.55. The maximum atomic E-state index is 10.5. The molecule has 1 aromatic rings. The van der Waals surface area contributed by atoms with Crippen LogP contribution >= 0.6 is 0 Å². The lowest BCUT2D eigenvalue weighted by atomic mass is 10.1. The minimum Gasteiger partial charge on any atom is -0.547 e. The Kier molecular flexibility index (Phi) is 7.75. The molecular weight excluding hydrogens is 222 g/mol. The van der Waals surface area contributed by atoms with Crippen LogP contribution in [0.25, 0.3) is 0 Å². The first-order valence-corrected chi connectivity index (χ1v) is 5.35. The largest absolute Gasteiger partial charge is 0.547 e. The number of benzene rings is 1. The number of quaternary nitrogens is 1. The van der Waals surface area contributed by atoms with Gasteiger partial charge < -0.3 is 25.5 Å². The Morgan fingerprint density at radius 1 is 1.47 bits per heavy atom. The van der Waals surface area contributed by atoms with Crippen molar-refractivity contribution in [1.82, 2.24) is 0 Å². The number of aromatic hydroxyl groups is 1. The maximum absolute atomic E-state index is 10.5. The molecule has 0 spiro atoms. The summed E-state index contributed by atoms with van der Waals surface area (Å²) in [7, 11) is 1.32. The molecule has 0 saturated heterocycles. The van der Waals surface area contributed by atoms with Crippen molar-refractivity contribution in [3.05, 3.63) is 29.8 Å². The number of phenols is 1. The third-order valence-corrected chi connectivity index (χ3v) is 1.90. The number of rotatable bonds is 4. The smallest absolute Gasteiger partial charge is 0.115 e. The average molecular weight is 241 g/mol. The highest BCUT2D eigenvalue weighted by Crippen LogP contribution is 2.11. The zero-order valence-electron chi connectivity index (χ0n) is 10.2. The molecule has 1 atom stereocenters. The van der Waals surface area contributed by atoms with Crippen LogP contribution in [0, 0.1) is 0 Å². The van der Waals surface area contributed by atoms with E-state index in [0.29, 0.717) is 0 Å². The van der Waals surface area contributed by atoms with Crippen molar-refractivity contribution >= 4 is 5.97 Å². The van der Waals surface area contributed by atoms with Crippen molar-refractivity contribution in [3.63, 3.8) is 0 Å². The van der Waals surface area contributed by atoms with E-state index < -0.39 is 12.1 Å². The van der Waals surface area contributed by atoms with Crippen LogP contribution in [0.1, 0.15) is 12.5 Å². The van der Waals surface area contributed by atoms with E-state index in [9.17, 15) is 9.90 Å². The summed E-state index contributed by atoms with van der Waals surface area (Å²) in [5.74, 6) is -1.09. The second-order valence-electron chi connectivity index (χ2n) is 3.41. The molecule has 0 saturated carbocycles. The fraction of sp³-hybridized carbons (Fsp3) is 0.417. The summed E-state index contributed by atoms with van der Waals surface area (Å²) in [5, 5.41) is 19.5. The van der Waals surface area contributed by atoms with E-state index >= 15 is 0 Å². The van der Waals surface area contributed by atoms with Crippen molar-refractivity contribution in [3.8, 4) is 5.75 Å². The Morgan fingerprint density at radius 3 is 2.29 bits per heavy atom. The van der Waals surface area contributed by atoms with Crippen molar-refractivity contribution < 1.29 is 25.5 Å². The summed E-state index contributed by atoms with van der Waals surface area (Å²) in [6.45, 7) is 3.01. The molecule has 0 radical (unpaired) electrons. The van der Waals surface area contributed by atoms with Crippen LogP contribution in [-0.2, 0) is 16.0 Å². The number of hydrogen-bond donors (Lipinski definition) is 2. The lowest BCUT2D eigenvalue weighted by molar-refractivity contribution is -0.361. The van der Waals surface area contributed by atoms with Crippen LogP contribution in [0.4, 0.5) is 0 Å². The Hall–Kier alpha value is -1.59. The highest BCUT2D eigenvalue weighted by Gasteiger charge is 2.08. The van der Waals surface area contributed by atoms with Crippen molar-refractivity contribution in [2.45, 2.75) is 19.4 Å². The van der Waals surface area contributed by atoms with Crippen LogP contribution in [-0.4, -0.2) is 30.8 Å². The molecule has 4 N–H and O–H groups in total. The van der Waals surface area contributed by atoms with E-state index in [-0.39, 0.29) is 12.2 Å². The van der Waals surface area contributed by atoms with Gasteiger partial charge in [0.15, 0.2) is 0 Å². The molecule has 0 fully saturated rings. The first-order chi connectivity index (χ1) is 8.04. The van der Waals surface area contributed by atoms with E-state index in [1.165, 1.54) is 19.2 Å². The Labute approximate surface area is 101 Å². The quantitative estimate of drug-likeness (QED) is 0.702. The SMILES string of the molecule is CC[NH3+].COC(Cc1ccc(O)cc1)C(=O)[O-]. The van der Waals surface area contributed by atoms with E-state index in [1.807, 2.05) is 6.92 Å². The van der Waals surface area contributed by atoms with Gasteiger partial charge in [0.1, 0.15) is 11.9 Å². The van der Waals surface area contributed by atoms with Gasteiger partial charge in [0.25, 0.3) is 0 Å². The van der Waals surface area contributed by atoms with E-state index in [0.717, 1.165) is 12.1 Å². The van der Waals surface area contributed by atoms with Crippen molar-refractivity contribution in [2.24, 2.45) is 0 Å². The van der Waals surface area contributed by atoms with Gasteiger partial charge >= 0.3 is 0 Å². The minimum absolute atomic E-state index is 0.149. The molecule has 1 aromatic carbocycles. The predicted molar refractivity (Wildman–Crippen MR) is 61.0 cm³/mol. The Balaban J connectivity index is 0.000000770. The molecule has 1 rings (SSSR count). The fourth-order valence-corrected chi connectivity index (χ4v) is 1.11. The topological polar surface area (TPSA) is 97.2 Å². The number of phenolic OH excluding ortho intramolecular Hbond substituents is 1. The number of ether oxygens (including phenoxy) is 1. The van der Waals surface area contributed by atoms with Crippen molar-refractivity contribution in [2.75, 3.05) is 13.7 Å². The van der Waals surface area contributed by atoms with Crippen LogP contribution in [0.2, 0.25) is 0 Å². The number of carbonyl (C=O) groups is 1. The maximum Gasteiger partial charge on any atom is 0.115 e. The van der Waals surface area contributed by atoms with Crippen LogP contribution in [0.15, 0.2) is 24.3 Å². The summed E-state index contributed by atoms with van der Waals surface area (Å²) >= 11 is 0. The molecule has 5 heteroatoms. The van der Waals surface area contributed by atoms with Gasteiger partial charge in [0.2, 0.25) is 0 Å². The third kappa shape index (κ3) is 6.55. The third-order valence-electron chi connectivity index (χ3n) is 1.90. The highest BCUT2D eigenvalue weighted by atomic mass is 16.5. The zero-order valence-corrected chi connectivity index (χ0v) is 10.2. The monoisotopic (exact) mass is 241 g/mol. The van der Waals surface area contributed by atoms with Gasteiger partial charge in [-0.25, -0.2) is 0 Å². The van der Waals surface area contributed by atoms with Crippen LogP contribution < -0.4 is 10.8 Å². The first kappa shape index (κ1) is 15.4. The molecule has 96 valence electrons. The van der Waals surface area contributed by atoms with Gasteiger partial charge in [-0.2, -0.15) is 0 Å². The van der Waals surface area contributed by atoms with Gasteiger partial charge in [-0.3, -0.25) is 0 Å². The number of carbonyl (C=O) groups excluding carboxylic acids is 1. The number of methoxy groups -OCH3 is 1.